The van der Waals surface area contributed by atoms with Crippen molar-refractivity contribution in [1.82, 2.24) is 0 Å². The fourth-order valence-corrected chi connectivity index (χ4v) is 2.20. The van der Waals surface area contributed by atoms with Gasteiger partial charge in [-0.1, -0.05) is 18.2 Å². The standard InChI is InChI=1S/C14H13N3/c1-11(13(9-15)10-16)17-8-4-6-12-5-2-3-7-14(12)17/h2-3,5,7H,4,6,8H2,1H3. The van der Waals surface area contributed by atoms with Crippen LogP contribution in [0.3, 0.4) is 0 Å². The van der Waals surface area contributed by atoms with Crippen molar-refractivity contribution in [2.45, 2.75) is 19.8 Å². The van der Waals surface area contributed by atoms with Crippen LogP contribution in [0.15, 0.2) is 35.5 Å². The van der Waals surface area contributed by atoms with Crippen LogP contribution in [-0.2, 0) is 6.42 Å². The second-order valence-electron chi connectivity index (χ2n) is 4.07. The Bertz CT molecular complexity index is 527. The summed E-state index contributed by atoms with van der Waals surface area (Å²) in [6, 6.07) is 12.1. The second kappa shape index (κ2) is 4.72. The van der Waals surface area contributed by atoms with E-state index in [1.165, 1.54) is 5.56 Å². The first-order chi connectivity index (χ1) is 8.27. The van der Waals surface area contributed by atoms with Gasteiger partial charge in [-0.2, -0.15) is 10.5 Å². The molecular weight excluding hydrogens is 210 g/mol. The molecule has 0 N–H and O–H groups in total. The van der Waals surface area contributed by atoms with Gasteiger partial charge in [0.25, 0.3) is 0 Å². The minimum Gasteiger partial charge on any atom is -0.343 e. The van der Waals surface area contributed by atoms with E-state index in [1.807, 2.05) is 37.3 Å². The van der Waals surface area contributed by atoms with Crippen molar-refractivity contribution in [2.75, 3.05) is 11.4 Å². The Kier molecular flexibility index (Phi) is 3.12. The molecule has 3 heteroatoms. The first-order valence-corrected chi connectivity index (χ1v) is 5.64. The number of aryl methyl sites for hydroxylation is 1. The van der Waals surface area contributed by atoms with Gasteiger partial charge in [-0.15, -0.1) is 0 Å². The van der Waals surface area contributed by atoms with Gasteiger partial charge in [0, 0.05) is 17.9 Å². The molecule has 3 nitrogen and oxygen atoms in total. The quantitative estimate of drug-likeness (QED) is 0.688. The van der Waals surface area contributed by atoms with E-state index >= 15 is 0 Å². The highest BCUT2D eigenvalue weighted by Crippen LogP contribution is 2.30. The topological polar surface area (TPSA) is 50.8 Å². The van der Waals surface area contributed by atoms with E-state index < -0.39 is 0 Å². The molecule has 0 aliphatic carbocycles. The van der Waals surface area contributed by atoms with Gasteiger partial charge < -0.3 is 4.90 Å². The maximum Gasteiger partial charge on any atom is 0.148 e. The number of para-hydroxylation sites is 1. The predicted octanol–water partition coefficient (Wildman–Crippen LogP) is 2.76. The van der Waals surface area contributed by atoms with Gasteiger partial charge in [-0.3, -0.25) is 0 Å². The first-order valence-electron chi connectivity index (χ1n) is 5.64. The Morgan fingerprint density at radius 3 is 2.65 bits per heavy atom. The zero-order valence-corrected chi connectivity index (χ0v) is 9.77. The molecule has 2 rings (SSSR count). The number of anilines is 1. The van der Waals surface area contributed by atoms with Crippen molar-refractivity contribution >= 4 is 5.69 Å². The summed E-state index contributed by atoms with van der Waals surface area (Å²) in [4.78, 5) is 2.07. The number of fused-ring (bicyclic) bond motifs is 1. The Morgan fingerprint density at radius 2 is 1.94 bits per heavy atom. The Morgan fingerprint density at radius 1 is 1.24 bits per heavy atom. The van der Waals surface area contributed by atoms with Crippen molar-refractivity contribution in [3.05, 3.63) is 41.1 Å². The van der Waals surface area contributed by atoms with E-state index in [9.17, 15) is 0 Å². The molecule has 0 radical (unpaired) electrons. The summed E-state index contributed by atoms with van der Waals surface area (Å²) in [5, 5.41) is 17.8. The Balaban J connectivity index is 2.48. The molecule has 0 atom stereocenters. The molecule has 1 aliphatic heterocycles. The lowest BCUT2D eigenvalue weighted by Gasteiger charge is -2.31. The van der Waals surface area contributed by atoms with Crippen molar-refractivity contribution in [2.24, 2.45) is 0 Å². The van der Waals surface area contributed by atoms with E-state index in [0.717, 1.165) is 30.8 Å². The van der Waals surface area contributed by atoms with Gasteiger partial charge >= 0.3 is 0 Å². The van der Waals surface area contributed by atoms with Gasteiger partial charge in [-0.25, -0.2) is 0 Å². The molecule has 1 aromatic carbocycles. The smallest absolute Gasteiger partial charge is 0.148 e. The monoisotopic (exact) mass is 223 g/mol. The van der Waals surface area contributed by atoms with Crippen LogP contribution in [0.1, 0.15) is 18.9 Å². The summed E-state index contributed by atoms with van der Waals surface area (Å²) < 4.78 is 0. The number of nitriles is 2. The molecule has 0 aromatic heterocycles. The lowest BCUT2D eigenvalue weighted by Crippen LogP contribution is -2.28. The van der Waals surface area contributed by atoms with E-state index in [-0.39, 0.29) is 5.57 Å². The number of rotatable bonds is 1. The molecule has 0 bridgehead atoms. The summed E-state index contributed by atoms with van der Waals surface area (Å²) in [7, 11) is 0. The summed E-state index contributed by atoms with van der Waals surface area (Å²) in [5.41, 5.74) is 3.36. The minimum atomic E-state index is 0.196. The summed E-state index contributed by atoms with van der Waals surface area (Å²) in [5.74, 6) is 0. The third-order valence-corrected chi connectivity index (χ3v) is 3.10. The number of nitrogens with zero attached hydrogens (tertiary/aromatic N) is 3. The fourth-order valence-electron chi connectivity index (χ4n) is 2.20. The molecule has 1 heterocycles. The molecule has 1 aliphatic rings. The average molecular weight is 223 g/mol. The number of hydrogen-bond acceptors (Lipinski definition) is 3. The number of allylic oxidation sites excluding steroid dienone is 2. The lowest BCUT2D eigenvalue weighted by atomic mass is 10.0. The van der Waals surface area contributed by atoms with Crippen molar-refractivity contribution in [3.8, 4) is 12.1 Å². The lowest BCUT2D eigenvalue weighted by molar-refractivity contribution is 0.742. The van der Waals surface area contributed by atoms with Crippen LogP contribution < -0.4 is 4.90 Å². The van der Waals surface area contributed by atoms with Crippen LogP contribution in [0.5, 0.6) is 0 Å². The minimum absolute atomic E-state index is 0.196. The SMILES string of the molecule is CC(=C(C#N)C#N)N1CCCc2ccccc21. The van der Waals surface area contributed by atoms with Gasteiger partial charge in [0.1, 0.15) is 17.7 Å². The van der Waals surface area contributed by atoms with Crippen molar-refractivity contribution in [3.63, 3.8) is 0 Å². The van der Waals surface area contributed by atoms with E-state index in [4.69, 9.17) is 10.5 Å². The highest BCUT2D eigenvalue weighted by atomic mass is 15.1. The van der Waals surface area contributed by atoms with Gasteiger partial charge in [-0.05, 0) is 31.4 Å². The fraction of sp³-hybridized carbons (Fsp3) is 0.286. The highest BCUT2D eigenvalue weighted by Gasteiger charge is 2.19. The van der Waals surface area contributed by atoms with E-state index in [2.05, 4.69) is 11.0 Å². The van der Waals surface area contributed by atoms with Crippen LogP contribution in [-0.4, -0.2) is 6.54 Å². The van der Waals surface area contributed by atoms with Gasteiger partial charge in [0.05, 0.1) is 0 Å². The normalized spacial score (nSPS) is 13.2. The predicted molar refractivity (Wildman–Crippen MR) is 66.0 cm³/mol. The van der Waals surface area contributed by atoms with Crippen LogP contribution in [0.4, 0.5) is 5.69 Å². The molecule has 0 amide bonds. The summed E-state index contributed by atoms with van der Waals surface area (Å²) >= 11 is 0. The molecule has 0 spiro atoms. The molecule has 0 saturated heterocycles. The van der Waals surface area contributed by atoms with Crippen LogP contribution >= 0.6 is 0 Å². The zero-order chi connectivity index (χ0) is 12.3. The van der Waals surface area contributed by atoms with E-state index in [1.54, 1.807) is 0 Å². The van der Waals surface area contributed by atoms with Crippen molar-refractivity contribution in [1.29, 1.82) is 10.5 Å². The van der Waals surface area contributed by atoms with Crippen LogP contribution in [0, 0.1) is 22.7 Å². The second-order valence-corrected chi connectivity index (χ2v) is 4.07. The molecule has 0 saturated carbocycles. The molecule has 17 heavy (non-hydrogen) atoms. The highest BCUT2D eigenvalue weighted by molar-refractivity contribution is 5.61. The molecular formula is C14H13N3. The summed E-state index contributed by atoms with van der Waals surface area (Å²) in [6.07, 6.45) is 2.12. The molecule has 0 unspecified atom stereocenters. The largest absolute Gasteiger partial charge is 0.343 e. The van der Waals surface area contributed by atoms with Gasteiger partial charge in [0.2, 0.25) is 0 Å². The third kappa shape index (κ3) is 2.00. The third-order valence-electron chi connectivity index (χ3n) is 3.10. The Hall–Kier alpha value is -2.26. The number of hydrogen-bond donors (Lipinski definition) is 0. The molecule has 1 aromatic rings. The van der Waals surface area contributed by atoms with E-state index in [0.29, 0.717) is 0 Å². The zero-order valence-electron chi connectivity index (χ0n) is 9.77. The number of benzene rings is 1. The first kappa shape index (κ1) is 11.2. The maximum absolute atomic E-state index is 8.92. The molecule has 0 fully saturated rings. The maximum atomic E-state index is 8.92. The van der Waals surface area contributed by atoms with Crippen molar-refractivity contribution < 1.29 is 0 Å². The molecule has 84 valence electrons. The summed E-state index contributed by atoms with van der Waals surface area (Å²) in [6.45, 7) is 2.71. The average Bonchev–Trinajstić information content (AvgIpc) is 2.39. The Labute approximate surface area is 101 Å². The van der Waals surface area contributed by atoms with Gasteiger partial charge in [0.15, 0.2) is 0 Å². The van der Waals surface area contributed by atoms with Crippen LogP contribution in [0.25, 0.3) is 0 Å². The van der Waals surface area contributed by atoms with Crippen LogP contribution in [0.2, 0.25) is 0 Å².